The van der Waals surface area contributed by atoms with E-state index in [-0.39, 0.29) is 28.4 Å². The molecule has 2 aliphatic carbocycles. The largest absolute Gasteiger partial charge is 0.311 e. The van der Waals surface area contributed by atoms with Gasteiger partial charge in [0.15, 0.2) is 0 Å². The van der Waals surface area contributed by atoms with Gasteiger partial charge in [0.25, 0.3) is 0 Å². The standard InChI is InChI=1S/C53H54BN/c1-33-28-39-40-32-52(8)27-26-35-18-13-14-19-41(35)53(52,9)42-20-15-21-44(48(40)42)54-43-24-22-37(51(5,6)7)31-46(43)55(47(29-33)49(39)54)45-25-23-36(50(2,3)4)30-38(45)34-16-11-10-12-17-34/h10-25,28-31,40H,26-27,32H2,1-9H3/t40-,52?,53?/m1/s1. The van der Waals surface area contributed by atoms with E-state index in [1.807, 2.05) is 0 Å². The van der Waals surface area contributed by atoms with Crippen molar-refractivity contribution in [3.63, 3.8) is 0 Å². The predicted molar refractivity (Wildman–Crippen MR) is 236 cm³/mol. The van der Waals surface area contributed by atoms with Gasteiger partial charge in [0.1, 0.15) is 0 Å². The Balaban J connectivity index is 1.29. The molecule has 2 heterocycles. The summed E-state index contributed by atoms with van der Waals surface area (Å²) in [6, 6.07) is 47.7. The number of benzene rings is 6. The molecule has 0 amide bonds. The Bertz CT molecular complexity index is 2550. The minimum Gasteiger partial charge on any atom is -0.311 e. The molecule has 0 fully saturated rings. The van der Waals surface area contributed by atoms with Gasteiger partial charge in [-0.2, -0.15) is 0 Å². The van der Waals surface area contributed by atoms with Gasteiger partial charge in [-0.05, 0) is 128 Å². The first-order chi connectivity index (χ1) is 26.2. The van der Waals surface area contributed by atoms with Crippen LogP contribution in [0.2, 0.25) is 0 Å². The average Bonchev–Trinajstić information content (AvgIpc) is 3.16. The number of aryl methyl sites for hydroxylation is 2. The summed E-state index contributed by atoms with van der Waals surface area (Å²) in [5, 5.41) is 0. The van der Waals surface area contributed by atoms with E-state index in [1.165, 1.54) is 73.3 Å². The summed E-state index contributed by atoms with van der Waals surface area (Å²) < 4.78 is 0. The van der Waals surface area contributed by atoms with Crippen LogP contribution in [0.4, 0.5) is 17.1 Å². The van der Waals surface area contributed by atoms with E-state index in [9.17, 15) is 0 Å². The van der Waals surface area contributed by atoms with Crippen LogP contribution in [0.25, 0.3) is 11.1 Å². The third-order valence-electron chi connectivity index (χ3n) is 14.6. The molecule has 0 aromatic heterocycles. The van der Waals surface area contributed by atoms with Crippen LogP contribution in [0.15, 0.2) is 121 Å². The second kappa shape index (κ2) is 11.6. The molecule has 2 unspecified atom stereocenters. The summed E-state index contributed by atoms with van der Waals surface area (Å²) in [7, 11) is 0. The predicted octanol–water partition coefficient (Wildman–Crippen LogP) is 11.7. The number of rotatable bonds is 2. The Hall–Kier alpha value is -4.82. The molecule has 0 spiro atoms. The van der Waals surface area contributed by atoms with Crippen LogP contribution in [0.3, 0.4) is 0 Å². The summed E-state index contributed by atoms with van der Waals surface area (Å²) in [6.07, 6.45) is 3.53. The first kappa shape index (κ1) is 34.7. The van der Waals surface area contributed by atoms with Gasteiger partial charge in [0, 0.05) is 28.3 Å². The van der Waals surface area contributed by atoms with Crippen molar-refractivity contribution >= 4 is 40.2 Å². The van der Waals surface area contributed by atoms with E-state index in [1.54, 1.807) is 22.3 Å². The first-order valence-corrected chi connectivity index (χ1v) is 20.7. The molecule has 10 rings (SSSR count). The van der Waals surface area contributed by atoms with E-state index < -0.39 is 0 Å². The van der Waals surface area contributed by atoms with Gasteiger partial charge in [0.2, 0.25) is 6.71 Å². The van der Waals surface area contributed by atoms with Crippen LogP contribution < -0.4 is 21.3 Å². The molecule has 274 valence electrons. The number of fused-ring (bicyclic) bond motifs is 8. The monoisotopic (exact) mass is 715 g/mol. The van der Waals surface area contributed by atoms with Crippen molar-refractivity contribution in [1.29, 1.82) is 0 Å². The van der Waals surface area contributed by atoms with Gasteiger partial charge in [-0.3, -0.25) is 0 Å². The van der Waals surface area contributed by atoms with Crippen LogP contribution >= 0.6 is 0 Å². The lowest BCUT2D eigenvalue weighted by Gasteiger charge is -2.59. The highest BCUT2D eigenvalue weighted by Gasteiger charge is 2.58. The van der Waals surface area contributed by atoms with Crippen LogP contribution in [0, 0.1) is 12.3 Å². The summed E-state index contributed by atoms with van der Waals surface area (Å²) in [4.78, 5) is 2.67. The van der Waals surface area contributed by atoms with Crippen molar-refractivity contribution in [3.8, 4) is 11.1 Å². The maximum absolute atomic E-state index is 2.67. The Morgan fingerprint density at radius 2 is 1.33 bits per heavy atom. The lowest BCUT2D eigenvalue weighted by Crippen LogP contribution is -2.64. The Morgan fingerprint density at radius 1 is 0.636 bits per heavy atom. The Kier molecular flexibility index (Phi) is 7.32. The van der Waals surface area contributed by atoms with Gasteiger partial charge in [0.05, 0.1) is 5.69 Å². The molecular weight excluding hydrogens is 661 g/mol. The summed E-state index contributed by atoms with van der Waals surface area (Å²) >= 11 is 0. The smallest absolute Gasteiger partial charge is 0.247 e. The lowest BCUT2D eigenvalue weighted by molar-refractivity contribution is 0.121. The molecule has 2 heteroatoms. The SMILES string of the molecule is Cc1cc2c3c(c1)N(c1ccc(C(C)(C)C)cc1-c1ccccc1)c1cc(C(C)(C)C)ccc1B3c1cccc3c1[C@@H]2CC1(C)CCc2ccccc2C31C. The van der Waals surface area contributed by atoms with Gasteiger partial charge >= 0.3 is 0 Å². The topological polar surface area (TPSA) is 3.24 Å². The van der Waals surface area contributed by atoms with Crippen molar-refractivity contribution in [2.24, 2.45) is 5.41 Å². The Morgan fingerprint density at radius 3 is 2.09 bits per heavy atom. The zero-order chi connectivity index (χ0) is 38.2. The average molecular weight is 716 g/mol. The molecule has 0 bridgehead atoms. The van der Waals surface area contributed by atoms with Crippen LogP contribution in [0.1, 0.15) is 119 Å². The molecule has 0 saturated heterocycles. The molecule has 3 atom stereocenters. The highest BCUT2D eigenvalue weighted by atomic mass is 15.2. The highest BCUT2D eigenvalue weighted by Crippen LogP contribution is 2.63. The minimum absolute atomic E-state index is 0.00802. The quantitative estimate of drug-likeness (QED) is 0.161. The zero-order valence-electron chi connectivity index (χ0n) is 34.3. The molecule has 4 aliphatic rings. The minimum atomic E-state index is -0.0488. The maximum Gasteiger partial charge on any atom is 0.247 e. The second-order valence-corrected chi connectivity index (χ2v) is 19.8. The molecule has 6 aromatic carbocycles. The second-order valence-electron chi connectivity index (χ2n) is 19.8. The molecule has 0 saturated carbocycles. The number of anilines is 3. The molecule has 0 N–H and O–H groups in total. The van der Waals surface area contributed by atoms with Crippen LogP contribution in [0.5, 0.6) is 0 Å². The molecule has 1 nitrogen and oxygen atoms in total. The van der Waals surface area contributed by atoms with E-state index in [0.717, 1.165) is 12.8 Å². The summed E-state index contributed by atoms with van der Waals surface area (Å²) in [6.45, 7) is 21.7. The number of nitrogens with zero attached hydrogens (tertiary/aromatic N) is 1. The summed E-state index contributed by atoms with van der Waals surface area (Å²) in [5.74, 6) is 0.355. The van der Waals surface area contributed by atoms with Gasteiger partial charge in [-0.15, -0.1) is 0 Å². The molecular formula is C53H54BN. The van der Waals surface area contributed by atoms with E-state index in [0.29, 0.717) is 5.92 Å². The van der Waals surface area contributed by atoms with Crippen molar-refractivity contribution < 1.29 is 0 Å². The van der Waals surface area contributed by atoms with Gasteiger partial charge in [-0.1, -0.05) is 158 Å². The molecule has 6 aromatic rings. The van der Waals surface area contributed by atoms with E-state index >= 15 is 0 Å². The third kappa shape index (κ3) is 4.85. The van der Waals surface area contributed by atoms with Gasteiger partial charge < -0.3 is 4.90 Å². The first-order valence-electron chi connectivity index (χ1n) is 20.7. The normalized spacial score (nSPS) is 21.9. The van der Waals surface area contributed by atoms with Crippen LogP contribution in [-0.2, 0) is 22.7 Å². The summed E-state index contributed by atoms with van der Waals surface area (Å²) in [5.41, 5.74) is 22.9. The zero-order valence-corrected chi connectivity index (χ0v) is 34.3. The molecule has 2 aliphatic heterocycles. The molecule has 0 radical (unpaired) electrons. The van der Waals surface area contributed by atoms with Crippen LogP contribution in [-0.4, -0.2) is 6.71 Å². The van der Waals surface area contributed by atoms with Crippen molar-refractivity contribution in [2.45, 2.75) is 104 Å². The fraction of sp³-hybridized carbons (Fsp3) is 0.321. The highest BCUT2D eigenvalue weighted by molar-refractivity contribution is 6.99. The van der Waals surface area contributed by atoms with E-state index in [4.69, 9.17) is 0 Å². The van der Waals surface area contributed by atoms with Crippen molar-refractivity contribution in [1.82, 2.24) is 0 Å². The number of hydrogen-bond donors (Lipinski definition) is 0. The Labute approximate surface area is 329 Å². The maximum atomic E-state index is 2.67. The number of hydrogen-bond acceptors (Lipinski definition) is 1. The van der Waals surface area contributed by atoms with Crippen molar-refractivity contribution in [2.75, 3.05) is 4.90 Å². The van der Waals surface area contributed by atoms with E-state index in [2.05, 4.69) is 189 Å². The third-order valence-corrected chi connectivity index (χ3v) is 14.6. The lowest BCUT2D eigenvalue weighted by atomic mass is 9.29. The molecule has 55 heavy (non-hydrogen) atoms. The van der Waals surface area contributed by atoms with Gasteiger partial charge in [-0.25, -0.2) is 0 Å². The fourth-order valence-corrected chi connectivity index (χ4v) is 11.4. The fourth-order valence-electron chi connectivity index (χ4n) is 11.4. The van der Waals surface area contributed by atoms with Crippen molar-refractivity contribution in [3.05, 3.63) is 166 Å².